The molecule has 1 saturated heterocycles. The first-order chi connectivity index (χ1) is 9.02. The molecule has 0 radical (unpaired) electrons. The van der Waals surface area contributed by atoms with E-state index in [4.69, 9.17) is 4.74 Å². The monoisotopic (exact) mass is 269 g/mol. The highest BCUT2D eigenvalue weighted by Gasteiger charge is 2.23. The van der Waals surface area contributed by atoms with Crippen LogP contribution in [0.2, 0.25) is 0 Å². The Labute approximate surface area is 113 Å². The average molecular weight is 269 g/mol. The van der Waals surface area contributed by atoms with Crippen molar-refractivity contribution in [1.82, 2.24) is 5.32 Å². The van der Waals surface area contributed by atoms with Gasteiger partial charge in [0.2, 0.25) is 0 Å². The molecule has 0 aliphatic carbocycles. The molecule has 2 atom stereocenters. The molecule has 0 amide bonds. The molecular weight excluding hydrogens is 248 g/mol. The van der Waals surface area contributed by atoms with Crippen molar-refractivity contribution in [3.05, 3.63) is 35.4 Å². The number of rotatable bonds is 4. The molecule has 2 rings (SSSR count). The predicted octanol–water partition coefficient (Wildman–Crippen LogP) is 3.05. The molecule has 2 nitrogen and oxygen atoms in total. The van der Waals surface area contributed by atoms with E-state index >= 15 is 0 Å². The minimum absolute atomic E-state index is 0.271. The van der Waals surface area contributed by atoms with Gasteiger partial charge >= 0.3 is 0 Å². The molecule has 1 aromatic rings. The molecule has 1 aromatic carbocycles. The summed E-state index contributed by atoms with van der Waals surface area (Å²) in [6.45, 7) is 4.88. The van der Waals surface area contributed by atoms with Gasteiger partial charge in [0, 0.05) is 12.1 Å². The third-order valence-corrected chi connectivity index (χ3v) is 3.47. The Kier molecular flexibility index (Phi) is 4.88. The zero-order valence-electron chi connectivity index (χ0n) is 11.5. The van der Waals surface area contributed by atoms with E-state index in [0.717, 1.165) is 25.5 Å². The lowest BCUT2D eigenvalue weighted by molar-refractivity contribution is -0.0419. The molecule has 106 valence electrons. The molecule has 1 aliphatic rings. The fourth-order valence-corrected chi connectivity index (χ4v) is 2.75. The van der Waals surface area contributed by atoms with Gasteiger partial charge in [0.05, 0.1) is 12.2 Å². The summed E-state index contributed by atoms with van der Waals surface area (Å²) in [7, 11) is 0. The molecule has 0 aromatic heterocycles. The van der Waals surface area contributed by atoms with Crippen molar-refractivity contribution in [3.63, 3.8) is 0 Å². The minimum atomic E-state index is -0.511. The van der Waals surface area contributed by atoms with Crippen LogP contribution in [0.4, 0.5) is 8.78 Å². The first-order valence-corrected chi connectivity index (χ1v) is 6.86. The van der Waals surface area contributed by atoms with Crippen LogP contribution in [-0.4, -0.2) is 24.8 Å². The van der Waals surface area contributed by atoms with Gasteiger partial charge in [0.25, 0.3) is 0 Å². The second-order valence-corrected chi connectivity index (χ2v) is 5.41. The number of ether oxygens (including phenoxy) is 1. The molecule has 1 fully saturated rings. The van der Waals surface area contributed by atoms with Gasteiger partial charge in [0.15, 0.2) is 0 Å². The van der Waals surface area contributed by atoms with Gasteiger partial charge in [0.1, 0.15) is 11.6 Å². The van der Waals surface area contributed by atoms with Crippen LogP contribution >= 0.6 is 0 Å². The first kappa shape index (κ1) is 14.4. The highest BCUT2D eigenvalue weighted by atomic mass is 19.1. The minimum Gasteiger partial charge on any atom is -0.375 e. The fourth-order valence-electron chi connectivity index (χ4n) is 2.75. The normalized spacial score (nSPS) is 27.5. The molecular formula is C15H21F2NO. The van der Waals surface area contributed by atoms with Crippen molar-refractivity contribution in [2.45, 2.75) is 51.4 Å². The van der Waals surface area contributed by atoms with E-state index in [9.17, 15) is 8.78 Å². The summed E-state index contributed by atoms with van der Waals surface area (Å²) in [5.41, 5.74) is 0.693. The van der Waals surface area contributed by atoms with E-state index in [0.29, 0.717) is 18.0 Å². The Morgan fingerprint density at radius 1 is 1.11 bits per heavy atom. The van der Waals surface area contributed by atoms with E-state index in [1.807, 2.05) is 0 Å². The molecule has 0 spiro atoms. The van der Waals surface area contributed by atoms with Gasteiger partial charge in [-0.3, -0.25) is 0 Å². The van der Waals surface area contributed by atoms with Crippen molar-refractivity contribution in [3.8, 4) is 0 Å². The number of hydrogen-bond acceptors (Lipinski definition) is 2. The molecule has 0 bridgehead atoms. The summed E-state index contributed by atoms with van der Waals surface area (Å²) < 4.78 is 31.7. The third-order valence-electron chi connectivity index (χ3n) is 3.47. The van der Waals surface area contributed by atoms with Gasteiger partial charge in [-0.25, -0.2) is 8.78 Å². The second-order valence-electron chi connectivity index (χ2n) is 5.41. The Hall–Kier alpha value is -1.00. The fraction of sp³-hybridized carbons (Fsp3) is 0.600. The molecule has 1 aliphatic heterocycles. The quantitative estimate of drug-likeness (QED) is 0.907. The SMILES string of the molecule is CC1CC(NCCc2cc(F)cc(F)c2)CC(C)O1. The summed E-state index contributed by atoms with van der Waals surface area (Å²) in [6, 6.07) is 4.11. The van der Waals surface area contributed by atoms with E-state index in [-0.39, 0.29) is 12.2 Å². The van der Waals surface area contributed by atoms with Crippen LogP contribution in [0.5, 0.6) is 0 Å². The average Bonchev–Trinajstić information content (AvgIpc) is 2.26. The lowest BCUT2D eigenvalue weighted by Gasteiger charge is -2.32. The number of benzene rings is 1. The van der Waals surface area contributed by atoms with Crippen molar-refractivity contribution in [2.24, 2.45) is 0 Å². The third kappa shape index (κ3) is 4.55. The largest absolute Gasteiger partial charge is 0.375 e. The molecule has 4 heteroatoms. The molecule has 19 heavy (non-hydrogen) atoms. The second kappa shape index (κ2) is 6.44. The van der Waals surface area contributed by atoms with E-state index < -0.39 is 11.6 Å². The Balaban J connectivity index is 1.79. The van der Waals surface area contributed by atoms with Crippen LogP contribution in [0.15, 0.2) is 18.2 Å². The summed E-state index contributed by atoms with van der Waals surface area (Å²) >= 11 is 0. The topological polar surface area (TPSA) is 21.3 Å². The van der Waals surface area contributed by atoms with Gasteiger partial charge in [-0.1, -0.05) is 0 Å². The lowest BCUT2D eigenvalue weighted by Crippen LogP contribution is -2.41. The number of halogens is 2. The van der Waals surface area contributed by atoms with Gasteiger partial charge in [-0.15, -0.1) is 0 Å². The lowest BCUT2D eigenvalue weighted by atomic mass is 9.99. The van der Waals surface area contributed by atoms with Crippen molar-refractivity contribution in [1.29, 1.82) is 0 Å². The summed E-state index contributed by atoms with van der Waals surface area (Å²) in [5.74, 6) is -1.02. The Morgan fingerprint density at radius 3 is 2.26 bits per heavy atom. The van der Waals surface area contributed by atoms with Crippen LogP contribution in [-0.2, 0) is 11.2 Å². The summed E-state index contributed by atoms with van der Waals surface area (Å²) in [4.78, 5) is 0. The zero-order valence-corrected chi connectivity index (χ0v) is 11.5. The highest BCUT2D eigenvalue weighted by molar-refractivity contribution is 5.18. The van der Waals surface area contributed by atoms with Crippen LogP contribution in [0.25, 0.3) is 0 Å². The smallest absolute Gasteiger partial charge is 0.126 e. The van der Waals surface area contributed by atoms with Gasteiger partial charge in [-0.05, 0) is 57.4 Å². The summed E-state index contributed by atoms with van der Waals surface area (Å²) in [5, 5.41) is 3.44. The van der Waals surface area contributed by atoms with E-state index in [1.165, 1.54) is 12.1 Å². The standard InChI is InChI=1S/C15H21F2NO/c1-10-5-15(6-11(2)19-10)18-4-3-12-7-13(16)9-14(17)8-12/h7-11,15,18H,3-6H2,1-2H3. The van der Waals surface area contributed by atoms with Crippen molar-refractivity contribution < 1.29 is 13.5 Å². The van der Waals surface area contributed by atoms with Crippen LogP contribution in [0.3, 0.4) is 0 Å². The molecule has 2 unspecified atom stereocenters. The Bertz CT molecular complexity index is 394. The van der Waals surface area contributed by atoms with E-state index in [1.54, 1.807) is 0 Å². The summed E-state index contributed by atoms with van der Waals surface area (Å²) in [6.07, 6.45) is 3.15. The highest BCUT2D eigenvalue weighted by Crippen LogP contribution is 2.19. The molecule has 1 heterocycles. The maximum Gasteiger partial charge on any atom is 0.126 e. The Morgan fingerprint density at radius 2 is 1.68 bits per heavy atom. The molecule has 0 saturated carbocycles. The number of nitrogens with one attached hydrogen (secondary N) is 1. The van der Waals surface area contributed by atoms with Crippen molar-refractivity contribution >= 4 is 0 Å². The van der Waals surface area contributed by atoms with Crippen molar-refractivity contribution in [2.75, 3.05) is 6.54 Å². The number of hydrogen-bond donors (Lipinski definition) is 1. The first-order valence-electron chi connectivity index (χ1n) is 6.86. The van der Waals surface area contributed by atoms with Gasteiger partial charge in [-0.2, -0.15) is 0 Å². The predicted molar refractivity (Wildman–Crippen MR) is 71.1 cm³/mol. The molecule has 1 N–H and O–H groups in total. The maximum atomic E-state index is 13.0. The van der Waals surface area contributed by atoms with Crippen LogP contribution < -0.4 is 5.32 Å². The van der Waals surface area contributed by atoms with Gasteiger partial charge < -0.3 is 10.1 Å². The maximum absolute atomic E-state index is 13.0. The zero-order chi connectivity index (χ0) is 13.8. The van der Waals surface area contributed by atoms with Crippen LogP contribution in [0, 0.1) is 11.6 Å². The van der Waals surface area contributed by atoms with Crippen LogP contribution in [0.1, 0.15) is 32.3 Å². The van der Waals surface area contributed by atoms with E-state index in [2.05, 4.69) is 19.2 Å².